The molecule has 7 heteroatoms. The van der Waals surface area contributed by atoms with Gasteiger partial charge in [0.1, 0.15) is 11.8 Å². The van der Waals surface area contributed by atoms with Crippen LogP contribution in [0.5, 0.6) is 0 Å². The van der Waals surface area contributed by atoms with E-state index in [9.17, 15) is 19.2 Å². The number of ether oxygens (including phenoxy) is 3. The van der Waals surface area contributed by atoms with Gasteiger partial charge in [-0.1, -0.05) is 0 Å². The Balaban J connectivity index is 2.03. The molecule has 0 N–H and O–H groups in total. The molecule has 0 aliphatic carbocycles. The molecule has 78 valence electrons. The van der Waals surface area contributed by atoms with E-state index in [-0.39, 0.29) is 0 Å². The fourth-order valence-corrected chi connectivity index (χ4v) is 2.10. The summed E-state index contributed by atoms with van der Waals surface area (Å²) in [7, 11) is 0. The number of rotatable bonds is 0. The molecular weight excluding hydrogens is 208 g/mol. The Morgan fingerprint density at radius 1 is 0.667 bits per heavy atom. The van der Waals surface area contributed by atoms with Crippen molar-refractivity contribution >= 4 is 23.9 Å². The number of hydrogen-bond acceptors (Lipinski definition) is 7. The van der Waals surface area contributed by atoms with Crippen molar-refractivity contribution in [1.29, 1.82) is 0 Å². The third-order valence-electron chi connectivity index (χ3n) is 2.74. The van der Waals surface area contributed by atoms with E-state index in [1.165, 1.54) is 0 Å². The van der Waals surface area contributed by atoms with Crippen LogP contribution in [0.2, 0.25) is 0 Å². The van der Waals surface area contributed by atoms with Crippen molar-refractivity contribution in [2.24, 2.45) is 11.8 Å². The molecule has 0 unspecified atom stereocenters. The maximum atomic E-state index is 11.2. The Bertz CT molecular complexity index is 373. The number of fused-ring (bicyclic) bond motifs is 3. The lowest BCUT2D eigenvalue weighted by molar-refractivity contribution is -0.160. The Kier molecular flexibility index (Phi) is 1.38. The highest BCUT2D eigenvalue weighted by atomic mass is 16.7. The molecule has 15 heavy (non-hydrogen) atoms. The van der Waals surface area contributed by atoms with Gasteiger partial charge in [0.15, 0.2) is 12.2 Å². The third kappa shape index (κ3) is 0.878. The van der Waals surface area contributed by atoms with Gasteiger partial charge in [0.05, 0.1) is 0 Å². The average molecular weight is 212 g/mol. The first-order chi connectivity index (χ1) is 7.09. The summed E-state index contributed by atoms with van der Waals surface area (Å²) in [6.45, 7) is 0. The summed E-state index contributed by atoms with van der Waals surface area (Å²) in [6.07, 6.45) is -2.27. The van der Waals surface area contributed by atoms with E-state index < -0.39 is 47.9 Å². The van der Waals surface area contributed by atoms with Crippen LogP contribution in [0.4, 0.5) is 0 Å². The highest BCUT2D eigenvalue weighted by Gasteiger charge is 2.66. The molecule has 0 spiro atoms. The van der Waals surface area contributed by atoms with E-state index in [1.54, 1.807) is 0 Å². The minimum Gasteiger partial charge on any atom is -0.391 e. The van der Waals surface area contributed by atoms with Crippen molar-refractivity contribution in [3.8, 4) is 0 Å². The van der Waals surface area contributed by atoms with E-state index in [1.807, 2.05) is 0 Å². The molecule has 7 nitrogen and oxygen atoms in total. The lowest BCUT2D eigenvalue weighted by Gasteiger charge is -2.03. The van der Waals surface area contributed by atoms with Crippen LogP contribution in [0.3, 0.4) is 0 Å². The van der Waals surface area contributed by atoms with Gasteiger partial charge in [-0.3, -0.25) is 9.59 Å². The number of cyclic esters (lactones) is 4. The van der Waals surface area contributed by atoms with Gasteiger partial charge in [-0.15, -0.1) is 0 Å². The van der Waals surface area contributed by atoms with Crippen LogP contribution in [0.1, 0.15) is 0 Å². The first kappa shape index (κ1) is 8.54. The first-order valence-electron chi connectivity index (χ1n) is 4.26. The van der Waals surface area contributed by atoms with E-state index >= 15 is 0 Å². The van der Waals surface area contributed by atoms with Gasteiger partial charge >= 0.3 is 23.9 Å². The Morgan fingerprint density at radius 2 is 1.07 bits per heavy atom. The first-order valence-corrected chi connectivity index (χ1v) is 4.26. The minimum atomic E-state index is -1.13. The molecule has 3 aliphatic rings. The van der Waals surface area contributed by atoms with Crippen LogP contribution in [-0.2, 0) is 33.4 Å². The topological polar surface area (TPSA) is 96.0 Å². The molecule has 0 aromatic heterocycles. The van der Waals surface area contributed by atoms with Gasteiger partial charge in [-0.05, 0) is 0 Å². The smallest absolute Gasteiger partial charge is 0.343 e. The van der Waals surface area contributed by atoms with Crippen molar-refractivity contribution in [2.45, 2.75) is 12.2 Å². The summed E-state index contributed by atoms with van der Waals surface area (Å²) in [5, 5.41) is 0. The predicted molar refractivity (Wildman–Crippen MR) is 37.8 cm³/mol. The molecule has 0 bridgehead atoms. The van der Waals surface area contributed by atoms with Gasteiger partial charge in [-0.2, -0.15) is 0 Å². The molecule has 4 atom stereocenters. The van der Waals surface area contributed by atoms with Crippen molar-refractivity contribution in [2.75, 3.05) is 0 Å². The molecule has 0 radical (unpaired) electrons. The molecule has 3 fully saturated rings. The van der Waals surface area contributed by atoms with Crippen molar-refractivity contribution < 1.29 is 33.4 Å². The van der Waals surface area contributed by atoms with Gasteiger partial charge in [0, 0.05) is 0 Å². The Morgan fingerprint density at radius 3 is 1.47 bits per heavy atom. The van der Waals surface area contributed by atoms with Gasteiger partial charge in [-0.25, -0.2) is 9.59 Å². The largest absolute Gasteiger partial charge is 0.391 e. The van der Waals surface area contributed by atoms with E-state index in [0.717, 1.165) is 0 Å². The van der Waals surface area contributed by atoms with E-state index in [2.05, 4.69) is 9.47 Å². The summed E-state index contributed by atoms with van der Waals surface area (Å²) in [5.41, 5.74) is 0. The SMILES string of the molecule is O=C1OC(=O)[C@@H]2O[C@@H]3C(=O)OC(=O)[C@H]3[C@@H]12. The molecule has 0 aromatic carbocycles. The van der Waals surface area contributed by atoms with Crippen LogP contribution in [-0.4, -0.2) is 36.1 Å². The van der Waals surface area contributed by atoms with E-state index in [4.69, 9.17) is 4.74 Å². The van der Waals surface area contributed by atoms with Crippen molar-refractivity contribution in [3.05, 3.63) is 0 Å². The molecule has 3 saturated heterocycles. The molecule has 3 aliphatic heterocycles. The standard InChI is InChI=1S/C8H4O7/c9-5-1-2-4(8(12)15-6(2)10)13-3(1)7(11)14-5/h1-4H/t1-,2+,3-,4+. The zero-order valence-corrected chi connectivity index (χ0v) is 7.17. The quantitative estimate of drug-likeness (QED) is 0.343. The van der Waals surface area contributed by atoms with Crippen LogP contribution in [0.15, 0.2) is 0 Å². The molecule has 0 aromatic rings. The summed E-state index contributed by atoms with van der Waals surface area (Å²) < 4.78 is 13.6. The molecule has 0 saturated carbocycles. The summed E-state index contributed by atoms with van der Waals surface area (Å²) >= 11 is 0. The third-order valence-corrected chi connectivity index (χ3v) is 2.74. The van der Waals surface area contributed by atoms with Gasteiger partial charge in [0.2, 0.25) is 0 Å². The normalized spacial score (nSPS) is 42.7. The minimum absolute atomic E-state index is 0.829. The fraction of sp³-hybridized carbons (Fsp3) is 0.500. The fourth-order valence-electron chi connectivity index (χ4n) is 2.10. The van der Waals surface area contributed by atoms with Crippen molar-refractivity contribution in [3.63, 3.8) is 0 Å². The summed E-state index contributed by atoms with van der Waals surface area (Å²) in [6, 6.07) is 0. The second-order valence-corrected chi connectivity index (χ2v) is 3.51. The second-order valence-electron chi connectivity index (χ2n) is 3.51. The van der Waals surface area contributed by atoms with Crippen molar-refractivity contribution in [1.82, 2.24) is 0 Å². The zero-order valence-electron chi connectivity index (χ0n) is 7.17. The molecular formula is C8H4O7. The average Bonchev–Trinajstić information content (AvgIpc) is 2.72. The number of hydrogen-bond donors (Lipinski definition) is 0. The zero-order chi connectivity index (χ0) is 10.7. The highest BCUT2D eigenvalue weighted by molar-refractivity contribution is 6.07. The lowest BCUT2D eigenvalue weighted by Crippen LogP contribution is -2.27. The summed E-state index contributed by atoms with van der Waals surface area (Å²) in [5.74, 6) is -5.41. The predicted octanol–water partition coefficient (Wildman–Crippen LogP) is -1.85. The van der Waals surface area contributed by atoms with Crippen LogP contribution >= 0.6 is 0 Å². The van der Waals surface area contributed by atoms with Crippen LogP contribution in [0, 0.1) is 11.8 Å². The Labute approximate surface area is 82.3 Å². The maximum Gasteiger partial charge on any atom is 0.343 e. The van der Waals surface area contributed by atoms with Gasteiger partial charge in [0.25, 0.3) is 0 Å². The van der Waals surface area contributed by atoms with E-state index in [0.29, 0.717) is 0 Å². The van der Waals surface area contributed by atoms with Crippen LogP contribution < -0.4 is 0 Å². The molecule has 3 rings (SSSR count). The highest BCUT2D eigenvalue weighted by Crippen LogP contribution is 2.42. The monoisotopic (exact) mass is 212 g/mol. The second kappa shape index (κ2) is 2.43. The summed E-state index contributed by atoms with van der Waals surface area (Å²) in [4.78, 5) is 44.6. The molecule has 0 amide bonds. The maximum absolute atomic E-state index is 11.2. The number of carbonyl (C=O) groups is 4. The lowest BCUT2D eigenvalue weighted by atomic mass is 9.90. The number of esters is 4. The molecule has 3 heterocycles. The van der Waals surface area contributed by atoms with Crippen LogP contribution in [0.25, 0.3) is 0 Å². The number of carbonyl (C=O) groups excluding carboxylic acids is 4. The van der Waals surface area contributed by atoms with Gasteiger partial charge < -0.3 is 14.2 Å². The Hall–Kier alpha value is -1.76.